The van der Waals surface area contributed by atoms with E-state index in [-0.39, 0.29) is 24.0 Å². The number of nitro benzene ring substituents is 1. The zero-order chi connectivity index (χ0) is 15.8. The summed E-state index contributed by atoms with van der Waals surface area (Å²) >= 11 is 0. The summed E-state index contributed by atoms with van der Waals surface area (Å²) in [6.45, 7) is 1.70. The van der Waals surface area contributed by atoms with Gasteiger partial charge in [0.2, 0.25) is 0 Å². The summed E-state index contributed by atoms with van der Waals surface area (Å²) in [4.78, 5) is 21.9. The molecule has 7 heteroatoms. The van der Waals surface area contributed by atoms with Crippen LogP contribution in [0.4, 0.5) is 5.69 Å². The van der Waals surface area contributed by atoms with Crippen LogP contribution in [0.3, 0.4) is 0 Å². The number of para-hydroxylation sites is 2. The van der Waals surface area contributed by atoms with E-state index in [1.54, 1.807) is 12.1 Å². The Kier molecular flexibility index (Phi) is 6.14. The second-order valence-corrected chi connectivity index (χ2v) is 5.24. The summed E-state index contributed by atoms with van der Waals surface area (Å²) in [7, 11) is 0. The average Bonchev–Trinajstić information content (AvgIpc) is 3.33. The molecule has 22 heavy (non-hydrogen) atoms. The standard InChI is InChI=1S/C15H20N2O5/c18-15(16-8-3-9-21-10-12-6-7-12)11-22-14-5-2-1-4-13(14)17(19)20/h1-2,4-5,12H,3,6-11H2,(H,16,18). The minimum atomic E-state index is -0.537. The van der Waals surface area contributed by atoms with Gasteiger partial charge in [-0.25, -0.2) is 0 Å². The molecule has 1 fully saturated rings. The summed E-state index contributed by atoms with van der Waals surface area (Å²) < 4.78 is 10.6. The van der Waals surface area contributed by atoms with Crippen molar-refractivity contribution in [2.75, 3.05) is 26.4 Å². The monoisotopic (exact) mass is 308 g/mol. The van der Waals surface area contributed by atoms with Crippen molar-refractivity contribution >= 4 is 11.6 Å². The van der Waals surface area contributed by atoms with E-state index >= 15 is 0 Å². The number of carbonyl (C=O) groups excluding carboxylic acids is 1. The van der Waals surface area contributed by atoms with E-state index in [4.69, 9.17) is 9.47 Å². The highest BCUT2D eigenvalue weighted by atomic mass is 16.6. The van der Waals surface area contributed by atoms with Gasteiger partial charge in [-0.15, -0.1) is 0 Å². The van der Waals surface area contributed by atoms with E-state index in [0.29, 0.717) is 13.2 Å². The van der Waals surface area contributed by atoms with Gasteiger partial charge in [0.1, 0.15) is 0 Å². The number of ether oxygens (including phenoxy) is 2. The van der Waals surface area contributed by atoms with Crippen LogP contribution >= 0.6 is 0 Å². The summed E-state index contributed by atoms with van der Waals surface area (Å²) in [5, 5.41) is 13.5. The van der Waals surface area contributed by atoms with Crippen LogP contribution < -0.4 is 10.1 Å². The molecule has 0 heterocycles. The minimum absolute atomic E-state index is 0.0930. The Bertz CT molecular complexity index is 516. The Morgan fingerprint density at radius 2 is 2.14 bits per heavy atom. The van der Waals surface area contributed by atoms with Crippen LogP contribution in [-0.2, 0) is 9.53 Å². The molecule has 0 aliphatic heterocycles. The molecule has 0 unspecified atom stereocenters. The highest BCUT2D eigenvalue weighted by Crippen LogP contribution is 2.28. The van der Waals surface area contributed by atoms with Crippen molar-refractivity contribution in [1.82, 2.24) is 5.32 Å². The molecular weight excluding hydrogens is 288 g/mol. The van der Waals surface area contributed by atoms with Gasteiger partial charge in [-0.05, 0) is 31.2 Å². The Hall–Kier alpha value is -2.15. The number of nitrogens with one attached hydrogen (secondary N) is 1. The Balaban J connectivity index is 1.59. The number of rotatable bonds is 10. The molecule has 1 saturated carbocycles. The lowest BCUT2D eigenvalue weighted by atomic mass is 10.3. The van der Waals surface area contributed by atoms with Crippen LogP contribution in [-0.4, -0.2) is 37.2 Å². The fourth-order valence-corrected chi connectivity index (χ4v) is 1.86. The summed E-state index contributed by atoms with van der Waals surface area (Å²) in [6, 6.07) is 5.98. The molecule has 1 aromatic rings. The average molecular weight is 308 g/mol. The summed E-state index contributed by atoms with van der Waals surface area (Å²) in [5.74, 6) is 0.528. The largest absolute Gasteiger partial charge is 0.477 e. The highest BCUT2D eigenvalue weighted by Gasteiger charge is 2.20. The topological polar surface area (TPSA) is 90.7 Å². The molecule has 120 valence electrons. The number of nitro groups is 1. The molecule has 1 aliphatic rings. The van der Waals surface area contributed by atoms with Gasteiger partial charge in [0.15, 0.2) is 12.4 Å². The first-order chi connectivity index (χ1) is 10.7. The molecule has 1 aliphatic carbocycles. The smallest absolute Gasteiger partial charge is 0.310 e. The molecule has 0 spiro atoms. The van der Waals surface area contributed by atoms with Crippen LogP contribution in [0.1, 0.15) is 19.3 Å². The lowest BCUT2D eigenvalue weighted by molar-refractivity contribution is -0.385. The normalized spacial score (nSPS) is 13.6. The van der Waals surface area contributed by atoms with Gasteiger partial charge in [-0.1, -0.05) is 12.1 Å². The lowest BCUT2D eigenvalue weighted by Crippen LogP contribution is -2.30. The molecule has 0 radical (unpaired) electrons. The quantitative estimate of drug-likeness (QED) is 0.405. The SMILES string of the molecule is O=C(COc1ccccc1[N+](=O)[O-])NCCCOCC1CC1. The van der Waals surface area contributed by atoms with Crippen molar-refractivity contribution in [3.05, 3.63) is 34.4 Å². The summed E-state index contributed by atoms with van der Waals surface area (Å²) in [6.07, 6.45) is 3.27. The van der Waals surface area contributed by atoms with Gasteiger partial charge in [0, 0.05) is 25.8 Å². The predicted octanol–water partition coefficient (Wildman–Crippen LogP) is 1.91. The number of benzene rings is 1. The van der Waals surface area contributed by atoms with Crippen molar-refractivity contribution in [1.29, 1.82) is 0 Å². The maximum atomic E-state index is 11.6. The number of hydrogen-bond donors (Lipinski definition) is 1. The minimum Gasteiger partial charge on any atom is -0.477 e. The van der Waals surface area contributed by atoms with Crippen molar-refractivity contribution in [3.8, 4) is 5.75 Å². The van der Waals surface area contributed by atoms with Crippen molar-refractivity contribution in [2.45, 2.75) is 19.3 Å². The molecule has 1 N–H and O–H groups in total. The lowest BCUT2D eigenvalue weighted by Gasteiger charge is -2.08. The Labute approximate surface area is 128 Å². The molecule has 1 amide bonds. The first kappa shape index (κ1) is 16.2. The fourth-order valence-electron chi connectivity index (χ4n) is 1.86. The third-order valence-corrected chi connectivity index (χ3v) is 3.26. The van der Waals surface area contributed by atoms with Crippen molar-refractivity contribution in [2.24, 2.45) is 5.92 Å². The molecule has 0 atom stereocenters. The molecule has 1 aromatic carbocycles. The third-order valence-electron chi connectivity index (χ3n) is 3.26. The van der Waals surface area contributed by atoms with Crippen molar-refractivity contribution in [3.63, 3.8) is 0 Å². The third kappa shape index (κ3) is 5.69. The van der Waals surface area contributed by atoms with E-state index in [0.717, 1.165) is 18.9 Å². The van der Waals surface area contributed by atoms with E-state index < -0.39 is 4.92 Å². The molecule has 7 nitrogen and oxygen atoms in total. The van der Waals surface area contributed by atoms with E-state index in [1.165, 1.54) is 25.0 Å². The van der Waals surface area contributed by atoms with Crippen molar-refractivity contribution < 1.29 is 19.2 Å². The van der Waals surface area contributed by atoms with Gasteiger partial charge in [-0.2, -0.15) is 0 Å². The summed E-state index contributed by atoms with van der Waals surface area (Å²) in [5.41, 5.74) is -0.149. The number of carbonyl (C=O) groups is 1. The zero-order valence-corrected chi connectivity index (χ0v) is 12.3. The molecule has 0 bridgehead atoms. The molecule has 2 rings (SSSR count). The second-order valence-electron chi connectivity index (χ2n) is 5.24. The van der Waals surface area contributed by atoms with Gasteiger partial charge >= 0.3 is 5.69 Å². The van der Waals surface area contributed by atoms with E-state index in [1.807, 2.05) is 0 Å². The van der Waals surface area contributed by atoms with Crippen LogP contribution in [0.25, 0.3) is 0 Å². The van der Waals surface area contributed by atoms with Gasteiger partial charge in [0.25, 0.3) is 5.91 Å². The highest BCUT2D eigenvalue weighted by molar-refractivity contribution is 5.77. The molecule has 0 saturated heterocycles. The first-order valence-electron chi connectivity index (χ1n) is 7.37. The fraction of sp³-hybridized carbons (Fsp3) is 0.533. The zero-order valence-electron chi connectivity index (χ0n) is 12.3. The molecule has 0 aromatic heterocycles. The molecular formula is C15H20N2O5. The maximum Gasteiger partial charge on any atom is 0.310 e. The predicted molar refractivity (Wildman–Crippen MR) is 79.8 cm³/mol. The number of nitrogens with zero attached hydrogens (tertiary/aromatic N) is 1. The van der Waals surface area contributed by atoms with Gasteiger partial charge < -0.3 is 14.8 Å². The Morgan fingerprint density at radius 3 is 2.86 bits per heavy atom. The van der Waals surface area contributed by atoms with Crippen LogP contribution in [0, 0.1) is 16.0 Å². The first-order valence-corrected chi connectivity index (χ1v) is 7.37. The van der Waals surface area contributed by atoms with Gasteiger partial charge in [-0.3, -0.25) is 14.9 Å². The van der Waals surface area contributed by atoms with Crippen LogP contribution in [0.5, 0.6) is 5.75 Å². The number of hydrogen-bond acceptors (Lipinski definition) is 5. The number of amides is 1. The van der Waals surface area contributed by atoms with E-state index in [9.17, 15) is 14.9 Å². The second kappa shape index (κ2) is 8.33. The maximum absolute atomic E-state index is 11.6. The van der Waals surface area contributed by atoms with Crippen LogP contribution in [0.2, 0.25) is 0 Å². The van der Waals surface area contributed by atoms with Crippen LogP contribution in [0.15, 0.2) is 24.3 Å². The van der Waals surface area contributed by atoms with Gasteiger partial charge in [0.05, 0.1) is 4.92 Å². The Morgan fingerprint density at radius 1 is 1.36 bits per heavy atom. The van der Waals surface area contributed by atoms with E-state index in [2.05, 4.69) is 5.32 Å².